The molecule has 0 saturated heterocycles. The Morgan fingerprint density at radius 1 is 1.00 bits per heavy atom. The van der Waals surface area contributed by atoms with Crippen LogP contribution in [-0.4, -0.2) is 23.3 Å². The largest absolute Gasteiger partial charge is 0.455 e. The van der Waals surface area contributed by atoms with Crippen molar-refractivity contribution in [3.8, 4) is 11.5 Å². The second kappa shape index (κ2) is 8.92. The van der Waals surface area contributed by atoms with Gasteiger partial charge in [0.1, 0.15) is 5.75 Å². The second-order valence-corrected chi connectivity index (χ2v) is 7.89. The zero-order valence-electron chi connectivity index (χ0n) is 16.0. The molecule has 5 nitrogen and oxygen atoms in total. The minimum atomic E-state index is -0.198. The lowest BCUT2D eigenvalue weighted by Crippen LogP contribution is -2.35. The first-order valence-electron chi connectivity index (χ1n) is 9.64. The molecular weight excluding hydrogens is 384 g/mol. The molecule has 0 atom stereocenters. The lowest BCUT2D eigenvalue weighted by Gasteiger charge is -2.27. The van der Waals surface area contributed by atoms with Crippen molar-refractivity contribution < 1.29 is 14.3 Å². The SMILES string of the molecule is O=C(CCC(=O)N1CCc2sccc2C1)Nc1ccccc1Oc1ccccc1. The highest BCUT2D eigenvalue weighted by molar-refractivity contribution is 7.10. The van der Waals surface area contributed by atoms with E-state index in [-0.39, 0.29) is 24.7 Å². The Morgan fingerprint density at radius 3 is 2.66 bits per heavy atom. The second-order valence-electron chi connectivity index (χ2n) is 6.89. The van der Waals surface area contributed by atoms with Crippen LogP contribution in [0.25, 0.3) is 0 Å². The summed E-state index contributed by atoms with van der Waals surface area (Å²) in [5.41, 5.74) is 1.82. The van der Waals surface area contributed by atoms with Gasteiger partial charge in [-0.1, -0.05) is 30.3 Å². The van der Waals surface area contributed by atoms with Gasteiger partial charge in [-0.25, -0.2) is 0 Å². The number of fused-ring (bicyclic) bond motifs is 1. The van der Waals surface area contributed by atoms with Crippen molar-refractivity contribution in [3.63, 3.8) is 0 Å². The highest BCUT2D eigenvalue weighted by atomic mass is 32.1. The van der Waals surface area contributed by atoms with E-state index in [0.717, 1.165) is 13.0 Å². The van der Waals surface area contributed by atoms with E-state index in [1.165, 1.54) is 10.4 Å². The third kappa shape index (κ3) is 4.84. The van der Waals surface area contributed by atoms with E-state index in [4.69, 9.17) is 4.74 Å². The number of thiophene rings is 1. The number of benzene rings is 2. The molecule has 1 aliphatic heterocycles. The standard InChI is InChI=1S/C23H22N2O3S/c26-22(10-11-23(27)25-14-12-21-17(16-25)13-15-29-21)24-19-8-4-5-9-20(19)28-18-6-2-1-3-7-18/h1-9,13,15H,10-12,14,16H2,(H,24,26). The summed E-state index contributed by atoms with van der Waals surface area (Å²) < 4.78 is 5.87. The fourth-order valence-corrected chi connectivity index (χ4v) is 4.22. The molecule has 0 unspecified atom stereocenters. The number of rotatable bonds is 6. The smallest absolute Gasteiger partial charge is 0.224 e. The third-order valence-electron chi connectivity index (χ3n) is 4.86. The molecule has 1 aliphatic rings. The van der Waals surface area contributed by atoms with E-state index in [1.54, 1.807) is 23.5 Å². The molecule has 29 heavy (non-hydrogen) atoms. The zero-order chi connectivity index (χ0) is 20.1. The molecule has 2 aromatic carbocycles. The van der Waals surface area contributed by atoms with E-state index in [2.05, 4.69) is 16.8 Å². The zero-order valence-corrected chi connectivity index (χ0v) is 16.8. The van der Waals surface area contributed by atoms with Gasteiger partial charge in [0.15, 0.2) is 5.75 Å². The molecule has 0 spiro atoms. The van der Waals surface area contributed by atoms with E-state index in [1.807, 2.05) is 47.4 Å². The summed E-state index contributed by atoms with van der Waals surface area (Å²) in [6.45, 7) is 1.37. The average Bonchev–Trinajstić information content (AvgIpc) is 3.22. The van der Waals surface area contributed by atoms with Crippen molar-refractivity contribution in [2.24, 2.45) is 0 Å². The molecule has 0 fully saturated rings. The lowest BCUT2D eigenvalue weighted by atomic mass is 10.1. The maximum absolute atomic E-state index is 12.5. The maximum Gasteiger partial charge on any atom is 0.224 e. The van der Waals surface area contributed by atoms with E-state index < -0.39 is 0 Å². The first-order chi connectivity index (χ1) is 14.2. The van der Waals surface area contributed by atoms with Gasteiger partial charge in [0.05, 0.1) is 5.69 Å². The number of carbonyl (C=O) groups is 2. The fraction of sp³-hybridized carbons (Fsp3) is 0.217. The maximum atomic E-state index is 12.5. The number of para-hydroxylation sites is 3. The number of hydrogen-bond donors (Lipinski definition) is 1. The molecule has 0 saturated carbocycles. The van der Waals surface area contributed by atoms with Crippen LogP contribution >= 0.6 is 11.3 Å². The van der Waals surface area contributed by atoms with Crippen LogP contribution in [0.3, 0.4) is 0 Å². The van der Waals surface area contributed by atoms with Crippen molar-refractivity contribution in [2.45, 2.75) is 25.8 Å². The first kappa shape index (κ1) is 19.2. The van der Waals surface area contributed by atoms with Crippen molar-refractivity contribution in [1.29, 1.82) is 0 Å². The number of nitrogens with zero attached hydrogens (tertiary/aromatic N) is 1. The minimum absolute atomic E-state index is 0.0193. The Labute approximate surface area is 173 Å². The predicted molar refractivity (Wildman–Crippen MR) is 114 cm³/mol. The highest BCUT2D eigenvalue weighted by Gasteiger charge is 2.22. The van der Waals surface area contributed by atoms with Gasteiger partial charge in [0.25, 0.3) is 0 Å². The molecule has 4 rings (SSSR count). The van der Waals surface area contributed by atoms with Gasteiger partial charge in [-0.15, -0.1) is 11.3 Å². The van der Waals surface area contributed by atoms with Gasteiger partial charge >= 0.3 is 0 Å². The van der Waals surface area contributed by atoms with Crippen molar-refractivity contribution >= 4 is 28.8 Å². The molecule has 1 N–H and O–H groups in total. The topological polar surface area (TPSA) is 58.6 Å². The van der Waals surface area contributed by atoms with Crippen LogP contribution in [0.1, 0.15) is 23.3 Å². The number of carbonyl (C=O) groups excluding carboxylic acids is 2. The molecule has 3 aromatic rings. The lowest BCUT2D eigenvalue weighted by molar-refractivity contribution is -0.133. The summed E-state index contributed by atoms with van der Waals surface area (Å²) in [6.07, 6.45) is 1.24. The molecule has 6 heteroatoms. The van der Waals surface area contributed by atoms with Crippen LogP contribution in [0.4, 0.5) is 5.69 Å². The van der Waals surface area contributed by atoms with Crippen molar-refractivity contribution in [2.75, 3.05) is 11.9 Å². The normalized spacial score (nSPS) is 12.9. The Morgan fingerprint density at radius 2 is 1.79 bits per heavy atom. The van der Waals surface area contributed by atoms with Gasteiger partial charge in [-0.05, 0) is 47.7 Å². The van der Waals surface area contributed by atoms with Gasteiger partial charge in [0.2, 0.25) is 11.8 Å². The van der Waals surface area contributed by atoms with E-state index in [9.17, 15) is 9.59 Å². The van der Waals surface area contributed by atoms with Crippen molar-refractivity contribution in [3.05, 3.63) is 76.5 Å². The summed E-state index contributed by atoms with van der Waals surface area (Å²) in [5.74, 6) is 1.09. The summed E-state index contributed by atoms with van der Waals surface area (Å²) >= 11 is 1.75. The number of anilines is 1. The minimum Gasteiger partial charge on any atom is -0.455 e. The number of hydrogen-bond acceptors (Lipinski definition) is 4. The summed E-state index contributed by atoms with van der Waals surface area (Å²) in [6, 6.07) is 18.8. The molecular formula is C23H22N2O3S. The summed E-state index contributed by atoms with van der Waals surface area (Å²) in [4.78, 5) is 28.1. The van der Waals surface area contributed by atoms with Gasteiger partial charge in [0, 0.05) is 30.8 Å². The molecule has 2 amide bonds. The molecule has 0 aliphatic carbocycles. The van der Waals surface area contributed by atoms with E-state index >= 15 is 0 Å². The molecule has 148 valence electrons. The van der Waals surface area contributed by atoms with Gasteiger partial charge in [-0.2, -0.15) is 0 Å². The van der Waals surface area contributed by atoms with Crippen LogP contribution < -0.4 is 10.1 Å². The van der Waals surface area contributed by atoms with Crippen LogP contribution in [0.2, 0.25) is 0 Å². The Bertz CT molecular complexity index is 1000. The van der Waals surface area contributed by atoms with Gasteiger partial charge in [-0.3, -0.25) is 9.59 Å². The number of ether oxygens (including phenoxy) is 1. The Hall–Kier alpha value is -3.12. The first-order valence-corrected chi connectivity index (χ1v) is 10.5. The highest BCUT2D eigenvalue weighted by Crippen LogP contribution is 2.29. The number of nitrogens with one attached hydrogen (secondary N) is 1. The van der Waals surface area contributed by atoms with E-state index in [0.29, 0.717) is 23.7 Å². The van der Waals surface area contributed by atoms with Crippen LogP contribution in [-0.2, 0) is 22.6 Å². The van der Waals surface area contributed by atoms with Crippen LogP contribution in [0.15, 0.2) is 66.0 Å². The average molecular weight is 407 g/mol. The molecule has 0 bridgehead atoms. The number of amides is 2. The van der Waals surface area contributed by atoms with Crippen LogP contribution in [0.5, 0.6) is 11.5 Å². The predicted octanol–water partition coefficient (Wildman–Crippen LogP) is 4.84. The molecule has 1 aromatic heterocycles. The summed E-state index contributed by atoms with van der Waals surface area (Å²) in [7, 11) is 0. The summed E-state index contributed by atoms with van der Waals surface area (Å²) in [5, 5.41) is 4.94. The molecule has 0 radical (unpaired) electrons. The van der Waals surface area contributed by atoms with Crippen LogP contribution in [0, 0.1) is 0 Å². The monoisotopic (exact) mass is 406 g/mol. The Kier molecular flexibility index (Phi) is 5.91. The fourth-order valence-electron chi connectivity index (χ4n) is 3.33. The van der Waals surface area contributed by atoms with Crippen molar-refractivity contribution in [1.82, 2.24) is 4.90 Å². The third-order valence-corrected chi connectivity index (χ3v) is 5.88. The Balaban J connectivity index is 1.32. The van der Waals surface area contributed by atoms with Gasteiger partial charge < -0.3 is 15.0 Å². The molecule has 2 heterocycles. The quantitative estimate of drug-likeness (QED) is 0.637.